The molecule has 0 bridgehead atoms. The van der Waals surface area contributed by atoms with E-state index in [9.17, 15) is 4.79 Å². The van der Waals surface area contributed by atoms with Gasteiger partial charge >= 0.3 is 0 Å². The predicted molar refractivity (Wildman–Crippen MR) is 78.0 cm³/mol. The summed E-state index contributed by atoms with van der Waals surface area (Å²) in [4.78, 5) is 16.5. The average molecular weight is 303 g/mol. The third kappa shape index (κ3) is 2.56. The van der Waals surface area contributed by atoms with Crippen LogP contribution in [0.25, 0.3) is 5.69 Å². The number of benzene rings is 1. The number of amides is 1. The van der Waals surface area contributed by atoms with Gasteiger partial charge in [0.25, 0.3) is 5.91 Å². The molecule has 1 amide bonds. The van der Waals surface area contributed by atoms with Crippen molar-refractivity contribution >= 4 is 5.91 Å². The fraction of sp³-hybridized carbons (Fsp3) is 0.333. The lowest BCUT2D eigenvalue weighted by molar-refractivity contribution is -0.0974. The highest BCUT2D eigenvalue weighted by molar-refractivity contribution is 5.93. The van der Waals surface area contributed by atoms with Crippen LogP contribution in [0.2, 0.25) is 0 Å². The number of carbonyl (C=O) groups excluding carboxylic acids is 1. The largest absolute Gasteiger partial charge is 0.485 e. The Morgan fingerprint density at radius 1 is 1.41 bits per heavy atom. The van der Waals surface area contributed by atoms with Crippen LogP contribution in [0.4, 0.5) is 0 Å². The average Bonchev–Trinajstić information content (AvgIpc) is 3.00. The molecule has 1 aromatic carbocycles. The minimum Gasteiger partial charge on any atom is -0.485 e. The van der Waals surface area contributed by atoms with Gasteiger partial charge in [0.05, 0.1) is 17.9 Å². The second-order valence-electron chi connectivity index (χ2n) is 4.78. The van der Waals surface area contributed by atoms with E-state index >= 15 is 0 Å². The fourth-order valence-corrected chi connectivity index (χ4v) is 2.36. The lowest BCUT2D eigenvalue weighted by Crippen LogP contribution is -2.35. The maximum absolute atomic E-state index is 12.3. The van der Waals surface area contributed by atoms with E-state index in [-0.39, 0.29) is 12.5 Å². The maximum atomic E-state index is 12.3. The van der Waals surface area contributed by atoms with E-state index in [2.05, 4.69) is 10.3 Å². The summed E-state index contributed by atoms with van der Waals surface area (Å²) in [5.74, 6) is 0.494. The molecule has 1 aliphatic heterocycles. The summed E-state index contributed by atoms with van der Waals surface area (Å²) in [6, 6.07) is 7.63. The third-order valence-corrected chi connectivity index (χ3v) is 3.53. The van der Waals surface area contributed by atoms with Crippen molar-refractivity contribution in [2.24, 2.45) is 0 Å². The number of fused-ring (bicyclic) bond motifs is 3. The highest BCUT2D eigenvalue weighted by Gasteiger charge is 2.24. The van der Waals surface area contributed by atoms with Crippen molar-refractivity contribution < 1.29 is 19.0 Å². The number of methoxy groups -OCH3 is 2. The fourth-order valence-electron chi connectivity index (χ4n) is 2.36. The van der Waals surface area contributed by atoms with Gasteiger partial charge in [-0.3, -0.25) is 9.36 Å². The Balaban J connectivity index is 1.81. The van der Waals surface area contributed by atoms with E-state index in [1.165, 1.54) is 14.2 Å². The van der Waals surface area contributed by atoms with E-state index in [4.69, 9.17) is 14.2 Å². The molecule has 0 saturated carbocycles. The molecule has 0 saturated heterocycles. The molecule has 7 nitrogen and oxygen atoms in total. The topological polar surface area (TPSA) is 74.6 Å². The Morgan fingerprint density at radius 3 is 2.95 bits per heavy atom. The molecule has 1 aliphatic rings. The molecule has 7 heteroatoms. The van der Waals surface area contributed by atoms with Crippen molar-refractivity contribution in [1.82, 2.24) is 14.9 Å². The highest BCUT2D eigenvalue weighted by atomic mass is 16.7. The first kappa shape index (κ1) is 14.6. The molecule has 0 fully saturated rings. The van der Waals surface area contributed by atoms with Crippen molar-refractivity contribution in [2.45, 2.75) is 12.9 Å². The van der Waals surface area contributed by atoms with Crippen LogP contribution in [0.15, 0.2) is 30.6 Å². The van der Waals surface area contributed by atoms with Crippen molar-refractivity contribution in [2.75, 3.05) is 20.8 Å². The van der Waals surface area contributed by atoms with Gasteiger partial charge in [-0.25, -0.2) is 4.98 Å². The minimum absolute atomic E-state index is 0.246. The third-order valence-electron chi connectivity index (χ3n) is 3.53. The standard InChI is InChI=1S/C15H17N3O4/c1-20-13(21-2)7-16-15(19)14-11-8-22-12-6-4-3-5-10(12)18(11)9-17-14/h3-6,9,13H,7-8H2,1-2H3,(H,16,19). The van der Waals surface area contributed by atoms with E-state index in [1.54, 1.807) is 6.33 Å². The van der Waals surface area contributed by atoms with E-state index in [1.807, 2.05) is 28.8 Å². The number of nitrogens with zero attached hydrogens (tertiary/aromatic N) is 2. The van der Waals surface area contributed by atoms with Crippen LogP contribution >= 0.6 is 0 Å². The molecular formula is C15H17N3O4. The Morgan fingerprint density at radius 2 is 2.18 bits per heavy atom. The number of imidazole rings is 1. The first-order valence-corrected chi connectivity index (χ1v) is 6.86. The monoisotopic (exact) mass is 303 g/mol. The number of hydrogen-bond acceptors (Lipinski definition) is 5. The Bertz CT molecular complexity index is 679. The summed E-state index contributed by atoms with van der Waals surface area (Å²) < 4.78 is 17.6. The van der Waals surface area contributed by atoms with Crippen LogP contribution in [-0.4, -0.2) is 42.5 Å². The molecule has 1 N–H and O–H groups in total. The predicted octanol–water partition coefficient (Wildman–Crippen LogP) is 1.11. The van der Waals surface area contributed by atoms with E-state index < -0.39 is 6.29 Å². The van der Waals surface area contributed by atoms with E-state index in [0.29, 0.717) is 12.3 Å². The van der Waals surface area contributed by atoms with Gasteiger partial charge in [0.1, 0.15) is 18.7 Å². The number of hydrogen-bond donors (Lipinski definition) is 1. The number of para-hydroxylation sites is 2. The summed E-state index contributed by atoms with van der Waals surface area (Å²) in [7, 11) is 3.03. The number of ether oxygens (including phenoxy) is 3. The van der Waals surface area contributed by atoms with Crippen LogP contribution < -0.4 is 10.1 Å². The molecule has 22 heavy (non-hydrogen) atoms. The van der Waals surface area contributed by atoms with Gasteiger partial charge < -0.3 is 19.5 Å². The van der Waals surface area contributed by atoms with Gasteiger partial charge in [0.15, 0.2) is 12.0 Å². The lowest BCUT2D eigenvalue weighted by Gasteiger charge is -2.20. The van der Waals surface area contributed by atoms with Crippen molar-refractivity contribution in [3.63, 3.8) is 0 Å². The number of nitrogens with one attached hydrogen (secondary N) is 1. The lowest BCUT2D eigenvalue weighted by atomic mass is 10.2. The molecule has 0 radical (unpaired) electrons. The zero-order valence-corrected chi connectivity index (χ0v) is 12.4. The molecule has 0 unspecified atom stereocenters. The minimum atomic E-state index is -0.487. The quantitative estimate of drug-likeness (QED) is 0.838. The molecule has 116 valence electrons. The first-order valence-electron chi connectivity index (χ1n) is 6.86. The molecule has 2 aromatic rings. The number of rotatable bonds is 5. The van der Waals surface area contributed by atoms with Crippen molar-refractivity contribution in [3.05, 3.63) is 42.0 Å². The molecule has 0 atom stereocenters. The molecular weight excluding hydrogens is 286 g/mol. The zero-order valence-electron chi connectivity index (χ0n) is 12.4. The van der Waals surface area contributed by atoms with Gasteiger partial charge in [-0.2, -0.15) is 0 Å². The van der Waals surface area contributed by atoms with Gasteiger partial charge in [0.2, 0.25) is 0 Å². The Labute approximate surface area is 127 Å². The summed E-state index contributed by atoms with van der Waals surface area (Å²) >= 11 is 0. The smallest absolute Gasteiger partial charge is 0.272 e. The molecule has 0 spiro atoms. The van der Waals surface area contributed by atoms with Crippen LogP contribution in [-0.2, 0) is 16.1 Å². The summed E-state index contributed by atoms with van der Waals surface area (Å²) in [6.45, 7) is 0.549. The zero-order chi connectivity index (χ0) is 15.5. The summed E-state index contributed by atoms with van der Waals surface area (Å²) in [6.07, 6.45) is 1.15. The Hall–Kier alpha value is -2.38. The van der Waals surface area contributed by atoms with Gasteiger partial charge in [-0.15, -0.1) is 0 Å². The maximum Gasteiger partial charge on any atom is 0.272 e. The summed E-state index contributed by atoms with van der Waals surface area (Å²) in [5.41, 5.74) is 1.95. The number of aromatic nitrogens is 2. The molecule has 1 aromatic heterocycles. The molecule has 2 heterocycles. The number of carbonyl (C=O) groups is 1. The Kier molecular flexibility index (Phi) is 4.08. The van der Waals surface area contributed by atoms with Crippen molar-refractivity contribution in [3.8, 4) is 11.4 Å². The van der Waals surface area contributed by atoms with E-state index in [0.717, 1.165) is 17.1 Å². The molecule has 3 rings (SSSR count). The first-order chi connectivity index (χ1) is 10.7. The SMILES string of the molecule is COC(CNC(=O)c1ncn2c1COc1ccccc1-2)OC. The van der Waals surface area contributed by atoms with Gasteiger partial charge in [0, 0.05) is 14.2 Å². The van der Waals surface area contributed by atoms with Crippen molar-refractivity contribution in [1.29, 1.82) is 0 Å². The van der Waals surface area contributed by atoms with Crippen LogP contribution in [0.1, 0.15) is 16.2 Å². The van der Waals surface area contributed by atoms with Gasteiger partial charge in [-0.1, -0.05) is 12.1 Å². The normalized spacial score (nSPS) is 12.5. The van der Waals surface area contributed by atoms with Crippen LogP contribution in [0.5, 0.6) is 5.75 Å². The van der Waals surface area contributed by atoms with Gasteiger partial charge in [-0.05, 0) is 12.1 Å². The summed E-state index contributed by atoms with van der Waals surface area (Å²) in [5, 5.41) is 2.74. The van der Waals surface area contributed by atoms with Crippen LogP contribution in [0, 0.1) is 0 Å². The molecule has 0 aliphatic carbocycles. The highest BCUT2D eigenvalue weighted by Crippen LogP contribution is 2.30. The second-order valence-corrected chi connectivity index (χ2v) is 4.78. The second kappa shape index (κ2) is 6.17. The van der Waals surface area contributed by atoms with Crippen LogP contribution in [0.3, 0.4) is 0 Å².